The molecule has 0 bridgehead atoms. The Balaban J connectivity index is 2.12. The molecule has 5 nitrogen and oxygen atoms in total. The van der Waals surface area contributed by atoms with E-state index in [0.29, 0.717) is 17.7 Å². The molecule has 0 spiro atoms. The van der Waals surface area contributed by atoms with Crippen LogP contribution < -0.4 is 16.6 Å². The normalized spacial score (nSPS) is 15.2. The minimum absolute atomic E-state index is 0.535. The summed E-state index contributed by atoms with van der Waals surface area (Å²) in [6, 6.07) is 1.84. The second-order valence-electron chi connectivity index (χ2n) is 4.69. The van der Waals surface area contributed by atoms with Crippen LogP contribution in [0.15, 0.2) is 6.07 Å². The third-order valence-electron chi connectivity index (χ3n) is 2.53. The minimum Gasteiger partial charge on any atom is -0.370 e. The molecule has 16 heavy (non-hydrogen) atoms. The maximum atomic E-state index is 5.40. The first-order chi connectivity index (χ1) is 7.69. The van der Waals surface area contributed by atoms with Crippen molar-refractivity contribution >= 4 is 11.6 Å². The summed E-state index contributed by atoms with van der Waals surface area (Å²) in [4.78, 5) is 8.85. The molecule has 0 amide bonds. The van der Waals surface area contributed by atoms with E-state index in [1.807, 2.05) is 6.07 Å². The van der Waals surface area contributed by atoms with Crippen LogP contribution in [-0.2, 0) is 0 Å². The van der Waals surface area contributed by atoms with Crippen LogP contribution in [0.3, 0.4) is 0 Å². The fraction of sp³-hybridized carbons (Fsp3) is 0.636. The molecular weight excluding hydrogens is 202 g/mol. The van der Waals surface area contributed by atoms with Crippen LogP contribution >= 0.6 is 0 Å². The van der Waals surface area contributed by atoms with Crippen molar-refractivity contribution < 1.29 is 0 Å². The van der Waals surface area contributed by atoms with Crippen molar-refractivity contribution in [1.82, 2.24) is 9.97 Å². The molecule has 88 valence electrons. The second kappa shape index (κ2) is 4.65. The van der Waals surface area contributed by atoms with E-state index in [4.69, 9.17) is 5.84 Å². The maximum Gasteiger partial charge on any atom is 0.145 e. The standard InChI is InChI=1S/C11H19N5/c1-7(2)6-13-9-5-10(16-12)15-11(14-9)8-3-4-8/h5,7-8H,3-4,6,12H2,1-2H3,(H2,13,14,15,16). The summed E-state index contributed by atoms with van der Waals surface area (Å²) in [5.74, 6) is 8.97. The van der Waals surface area contributed by atoms with Crippen molar-refractivity contribution in [3.8, 4) is 0 Å². The minimum atomic E-state index is 0.535. The van der Waals surface area contributed by atoms with Gasteiger partial charge < -0.3 is 10.7 Å². The zero-order valence-electron chi connectivity index (χ0n) is 9.83. The number of nitrogens with one attached hydrogen (secondary N) is 2. The highest BCUT2D eigenvalue weighted by molar-refractivity contribution is 5.47. The lowest BCUT2D eigenvalue weighted by molar-refractivity contribution is 0.686. The largest absolute Gasteiger partial charge is 0.370 e. The number of rotatable bonds is 5. The first-order valence-electron chi connectivity index (χ1n) is 5.78. The topological polar surface area (TPSA) is 75.9 Å². The average Bonchev–Trinajstić information content (AvgIpc) is 3.09. The van der Waals surface area contributed by atoms with Gasteiger partial charge in [0.05, 0.1) is 0 Å². The third-order valence-corrected chi connectivity index (χ3v) is 2.53. The predicted molar refractivity (Wildman–Crippen MR) is 65.1 cm³/mol. The van der Waals surface area contributed by atoms with Crippen LogP contribution in [0.25, 0.3) is 0 Å². The fourth-order valence-corrected chi connectivity index (χ4v) is 1.46. The summed E-state index contributed by atoms with van der Waals surface area (Å²) < 4.78 is 0. The van der Waals surface area contributed by atoms with Gasteiger partial charge in [0.1, 0.15) is 17.5 Å². The van der Waals surface area contributed by atoms with Gasteiger partial charge in [-0.1, -0.05) is 13.8 Å². The van der Waals surface area contributed by atoms with Gasteiger partial charge in [-0.2, -0.15) is 0 Å². The highest BCUT2D eigenvalue weighted by atomic mass is 15.3. The molecule has 0 aliphatic heterocycles. The lowest BCUT2D eigenvalue weighted by Crippen LogP contribution is -2.14. The number of aromatic nitrogens is 2. The molecule has 0 unspecified atom stereocenters. The van der Waals surface area contributed by atoms with E-state index in [-0.39, 0.29) is 0 Å². The van der Waals surface area contributed by atoms with Crippen molar-refractivity contribution in [3.05, 3.63) is 11.9 Å². The number of nitrogen functional groups attached to an aromatic ring is 1. The average molecular weight is 221 g/mol. The summed E-state index contributed by atoms with van der Waals surface area (Å²) in [5.41, 5.74) is 2.59. The van der Waals surface area contributed by atoms with Gasteiger partial charge in [-0.15, -0.1) is 0 Å². The number of hydrogen-bond donors (Lipinski definition) is 3. The summed E-state index contributed by atoms with van der Waals surface area (Å²) in [6.07, 6.45) is 2.38. The van der Waals surface area contributed by atoms with E-state index < -0.39 is 0 Å². The lowest BCUT2D eigenvalue weighted by Gasteiger charge is -2.10. The van der Waals surface area contributed by atoms with E-state index >= 15 is 0 Å². The molecule has 1 fully saturated rings. The summed E-state index contributed by atoms with van der Waals surface area (Å²) in [6.45, 7) is 5.24. The molecule has 1 aromatic heterocycles. The van der Waals surface area contributed by atoms with Gasteiger partial charge in [-0.05, 0) is 18.8 Å². The molecule has 1 aliphatic rings. The number of nitrogens with two attached hydrogens (primary N) is 1. The van der Waals surface area contributed by atoms with E-state index in [1.165, 1.54) is 12.8 Å². The first kappa shape index (κ1) is 11.1. The van der Waals surface area contributed by atoms with Crippen molar-refractivity contribution in [2.75, 3.05) is 17.3 Å². The predicted octanol–water partition coefficient (Wildman–Crippen LogP) is 1.71. The molecule has 4 N–H and O–H groups in total. The summed E-state index contributed by atoms with van der Waals surface area (Å²) in [7, 11) is 0. The number of hydrazine groups is 1. The van der Waals surface area contributed by atoms with Gasteiger partial charge in [0.15, 0.2) is 0 Å². The molecule has 0 saturated heterocycles. The van der Waals surface area contributed by atoms with Crippen LogP contribution in [-0.4, -0.2) is 16.5 Å². The van der Waals surface area contributed by atoms with Crippen molar-refractivity contribution in [1.29, 1.82) is 0 Å². The van der Waals surface area contributed by atoms with E-state index in [9.17, 15) is 0 Å². The van der Waals surface area contributed by atoms with Crippen LogP contribution in [0, 0.1) is 5.92 Å². The summed E-state index contributed by atoms with van der Waals surface area (Å²) >= 11 is 0. The number of anilines is 2. The third kappa shape index (κ3) is 2.82. The Bertz CT molecular complexity index is 359. The quantitative estimate of drug-likeness (QED) is 0.521. The second-order valence-corrected chi connectivity index (χ2v) is 4.69. The molecule has 1 aliphatic carbocycles. The van der Waals surface area contributed by atoms with Gasteiger partial charge in [-0.3, -0.25) is 0 Å². The number of hydrogen-bond acceptors (Lipinski definition) is 5. The van der Waals surface area contributed by atoms with Crippen LogP contribution in [0.1, 0.15) is 38.4 Å². The molecule has 0 aromatic carbocycles. The molecule has 0 atom stereocenters. The summed E-state index contributed by atoms with van der Waals surface area (Å²) in [5, 5.41) is 3.30. The monoisotopic (exact) mass is 221 g/mol. The van der Waals surface area contributed by atoms with Gasteiger partial charge in [-0.25, -0.2) is 15.8 Å². The maximum absolute atomic E-state index is 5.40. The smallest absolute Gasteiger partial charge is 0.145 e. The lowest BCUT2D eigenvalue weighted by atomic mass is 10.2. The van der Waals surface area contributed by atoms with Crippen LogP contribution in [0.4, 0.5) is 11.6 Å². The van der Waals surface area contributed by atoms with Crippen molar-refractivity contribution in [3.63, 3.8) is 0 Å². The Morgan fingerprint density at radius 1 is 1.38 bits per heavy atom. The van der Waals surface area contributed by atoms with Crippen molar-refractivity contribution in [2.45, 2.75) is 32.6 Å². The van der Waals surface area contributed by atoms with E-state index in [2.05, 4.69) is 34.6 Å². The Morgan fingerprint density at radius 3 is 2.62 bits per heavy atom. The number of nitrogens with zero attached hydrogens (tertiary/aromatic N) is 2. The Kier molecular flexibility index (Phi) is 3.24. The van der Waals surface area contributed by atoms with Gasteiger partial charge in [0.2, 0.25) is 0 Å². The van der Waals surface area contributed by atoms with Gasteiger partial charge >= 0.3 is 0 Å². The molecule has 5 heteroatoms. The van der Waals surface area contributed by atoms with Gasteiger partial charge in [0.25, 0.3) is 0 Å². The zero-order chi connectivity index (χ0) is 11.5. The molecule has 2 rings (SSSR count). The Morgan fingerprint density at radius 2 is 2.06 bits per heavy atom. The highest BCUT2D eigenvalue weighted by Crippen LogP contribution is 2.38. The molecule has 1 aromatic rings. The SMILES string of the molecule is CC(C)CNc1cc(NN)nc(C2CC2)n1. The molecule has 0 radical (unpaired) electrons. The Hall–Kier alpha value is -1.36. The Labute approximate surface area is 95.8 Å². The van der Waals surface area contributed by atoms with Gasteiger partial charge in [0, 0.05) is 18.5 Å². The van der Waals surface area contributed by atoms with Crippen molar-refractivity contribution in [2.24, 2.45) is 11.8 Å². The molecule has 1 heterocycles. The van der Waals surface area contributed by atoms with E-state index in [0.717, 1.165) is 18.2 Å². The van der Waals surface area contributed by atoms with Crippen LogP contribution in [0.5, 0.6) is 0 Å². The fourth-order valence-electron chi connectivity index (χ4n) is 1.46. The van der Waals surface area contributed by atoms with E-state index in [1.54, 1.807) is 0 Å². The first-order valence-corrected chi connectivity index (χ1v) is 5.78. The highest BCUT2D eigenvalue weighted by Gasteiger charge is 2.27. The molecular formula is C11H19N5. The molecule has 1 saturated carbocycles. The zero-order valence-corrected chi connectivity index (χ0v) is 9.83. The van der Waals surface area contributed by atoms with Crippen LogP contribution in [0.2, 0.25) is 0 Å².